The predicted octanol–water partition coefficient (Wildman–Crippen LogP) is 1.48. The highest BCUT2D eigenvalue weighted by Crippen LogP contribution is 2.01. The highest BCUT2D eigenvalue weighted by molar-refractivity contribution is 5.86. The third kappa shape index (κ3) is 3.05. The Morgan fingerprint density at radius 1 is 1.71 bits per heavy atom. The fourth-order valence-electron chi connectivity index (χ4n) is 1.05. The molecule has 0 aliphatic carbocycles. The number of aromatic nitrogens is 2. The second-order valence-electron chi connectivity index (χ2n) is 2.89. The van der Waals surface area contributed by atoms with Crippen molar-refractivity contribution in [3.05, 3.63) is 24.0 Å². The summed E-state index contributed by atoms with van der Waals surface area (Å²) in [5, 5.41) is 4.12. The van der Waals surface area contributed by atoms with Gasteiger partial charge in [-0.1, -0.05) is 6.92 Å². The van der Waals surface area contributed by atoms with Crippen LogP contribution in [0.25, 0.3) is 6.08 Å². The lowest BCUT2D eigenvalue weighted by molar-refractivity contribution is -0.134. The maximum Gasteiger partial charge on any atom is 0.330 e. The molecule has 0 radical (unpaired) electrons. The van der Waals surface area contributed by atoms with Crippen molar-refractivity contribution in [3.8, 4) is 0 Å². The summed E-state index contributed by atoms with van der Waals surface area (Å²) in [4.78, 5) is 10.8. The number of ether oxygens (including phenoxy) is 1. The van der Waals surface area contributed by atoms with E-state index in [0.29, 0.717) is 0 Å². The van der Waals surface area contributed by atoms with Crippen molar-refractivity contribution in [2.45, 2.75) is 19.9 Å². The molecule has 1 heterocycles. The van der Waals surface area contributed by atoms with E-state index >= 15 is 0 Å². The zero-order chi connectivity index (χ0) is 10.4. The van der Waals surface area contributed by atoms with Crippen LogP contribution in [0.15, 0.2) is 18.5 Å². The van der Waals surface area contributed by atoms with Crippen LogP contribution < -0.4 is 0 Å². The highest BCUT2D eigenvalue weighted by Gasteiger charge is 1.95. The van der Waals surface area contributed by atoms with E-state index in [9.17, 15) is 4.79 Å². The van der Waals surface area contributed by atoms with Crippen LogP contribution >= 0.6 is 0 Å². The molecule has 1 rings (SSSR count). The molecular weight excluding hydrogens is 180 g/mol. The SMILES string of the molecule is CCCn1cc(/C=C/C(=O)OC)cn1. The minimum Gasteiger partial charge on any atom is -0.466 e. The molecule has 0 atom stereocenters. The molecule has 0 N–H and O–H groups in total. The van der Waals surface area contributed by atoms with Crippen molar-refractivity contribution in [2.75, 3.05) is 7.11 Å². The Balaban J connectivity index is 2.59. The average Bonchev–Trinajstić information content (AvgIpc) is 2.63. The van der Waals surface area contributed by atoms with Gasteiger partial charge in [0.2, 0.25) is 0 Å². The van der Waals surface area contributed by atoms with Crippen molar-refractivity contribution in [3.63, 3.8) is 0 Å². The second-order valence-corrected chi connectivity index (χ2v) is 2.89. The third-order valence-corrected chi connectivity index (χ3v) is 1.72. The van der Waals surface area contributed by atoms with Crippen LogP contribution in [0, 0.1) is 0 Å². The Kier molecular flexibility index (Phi) is 3.91. The number of methoxy groups -OCH3 is 1. The topological polar surface area (TPSA) is 44.1 Å². The van der Waals surface area contributed by atoms with E-state index in [-0.39, 0.29) is 5.97 Å². The van der Waals surface area contributed by atoms with Crippen molar-refractivity contribution in [1.82, 2.24) is 9.78 Å². The summed E-state index contributed by atoms with van der Waals surface area (Å²) >= 11 is 0. The van der Waals surface area contributed by atoms with Gasteiger partial charge in [-0.2, -0.15) is 5.10 Å². The average molecular weight is 194 g/mol. The van der Waals surface area contributed by atoms with Crippen LogP contribution in [-0.4, -0.2) is 22.9 Å². The van der Waals surface area contributed by atoms with Gasteiger partial charge in [0.1, 0.15) is 0 Å². The number of hydrogen-bond donors (Lipinski definition) is 0. The number of aryl methyl sites for hydroxylation is 1. The van der Waals surface area contributed by atoms with E-state index in [1.807, 2.05) is 10.9 Å². The molecule has 0 aliphatic heterocycles. The largest absolute Gasteiger partial charge is 0.466 e. The summed E-state index contributed by atoms with van der Waals surface area (Å²) < 4.78 is 6.32. The van der Waals surface area contributed by atoms with Gasteiger partial charge in [-0.25, -0.2) is 4.79 Å². The number of carbonyl (C=O) groups is 1. The highest BCUT2D eigenvalue weighted by atomic mass is 16.5. The number of rotatable bonds is 4. The van der Waals surface area contributed by atoms with E-state index in [2.05, 4.69) is 16.8 Å². The summed E-state index contributed by atoms with van der Waals surface area (Å²) in [5.41, 5.74) is 0.906. The Morgan fingerprint density at radius 3 is 3.14 bits per heavy atom. The van der Waals surface area contributed by atoms with Gasteiger partial charge in [0.05, 0.1) is 13.3 Å². The van der Waals surface area contributed by atoms with Crippen molar-refractivity contribution < 1.29 is 9.53 Å². The van der Waals surface area contributed by atoms with Gasteiger partial charge >= 0.3 is 5.97 Å². The first-order valence-corrected chi connectivity index (χ1v) is 4.54. The summed E-state index contributed by atoms with van der Waals surface area (Å²) in [6, 6.07) is 0. The minimum absolute atomic E-state index is 0.353. The number of carbonyl (C=O) groups excluding carboxylic acids is 1. The molecule has 0 saturated carbocycles. The number of hydrogen-bond acceptors (Lipinski definition) is 3. The molecule has 0 spiro atoms. The Hall–Kier alpha value is -1.58. The molecule has 0 bridgehead atoms. The van der Waals surface area contributed by atoms with E-state index in [0.717, 1.165) is 18.5 Å². The standard InChI is InChI=1S/C10H14N2O2/c1-3-6-12-8-9(7-11-12)4-5-10(13)14-2/h4-5,7-8H,3,6H2,1-2H3/b5-4+. The van der Waals surface area contributed by atoms with Gasteiger partial charge in [0, 0.05) is 24.4 Å². The van der Waals surface area contributed by atoms with E-state index in [1.54, 1.807) is 12.3 Å². The lowest BCUT2D eigenvalue weighted by Gasteiger charge is -1.93. The molecule has 0 amide bonds. The van der Waals surface area contributed by atoms with Crippen LogP contribution in [0.1, 0.15) is 18.9 Å². The molecule has 0 aromatic carbocycles. The van der Waals surface area contributed by atoms with Crippen LogP contribution in [0.5, 0.6) is 0 Å². The monoisotopic (exact) mass is 194 g/mol. The molecule has 14 heavy (non-hydrogen) atoms. The second kappa shape index (κ2) is 5.21. The smallest absolute Gasteiger partial charge is 0.330 e. The molecule has 0 unspecified atom stereocenters. The molecule has 0 fully saturated rings. The molecular formula is C10H14N2O2. The summed E-state index contributed by atoms with van der Waals surface area (Å²) in [6.07, 6.45) is 7.72. The molecule has 0 saturated heterocycles. The Labute approximate surface area is 83.2 Å². The first kappa shape index (κ1) is 10.5. The van der Waals surface area contributed by atoms with Gasteiger partial charge in [-0.05, 0) is 12.5 Å². The van der Waals surface area contributed by atoms with E-state index in [1.165, 1.54) is 13.2 Å². The van der Waals surface area contributed by atoms with Gasteiger partial charge in [0.25, 0.3) is 0 Å². The van der Waals surface area contributed by atoms with Gasteiger partial charge in [-0.15, -0.1) is 0 Å². The summed E-state index contributed by atoms with van der Waals surface area (Å²) in [6.45, 7) is 2.98. The van der Waals surface area contributed by atoms with Crippen LogP contribution in [0.2, 0.25) is 0 Å². The maximum atomic E-state index is 10.8. The fraction of sp³-hybridized carbons (Fsp3) is 0.400. The minimum atomic E-state index is -0.353. The molecule has 4 heteroatoms. The Morgan fingerprint density at radius 2 is 2.50 bits per heavy atom. The molecule has 76 valence electrons. The third-order valence-electron chi connectivity index (χ3n) is 1.72. The lowest BCUT2D eigenvalue weighted by atomic mass is 10.3. The van der Waals surface area contributed by atoms with Gasteiger partial charge < -0.3 is 4.74 Å². The van der Waals surface area contributed by atoms with E-state index < -0.39 is 0 Å². The Bertz CT molecular complexity index is 329. The first-order valence-electron chi connectivity index (χ1n) is 4.54. The molecule has 1 aromatic rings. The lowest BCUT2D eigenvalue weighted by Crippen LogP contribution is -1.95. The van der Waals surface area contributed by atoms with Crippen molar-refractivity contribution in [1.29, 1.82) is 0 Å². The van der Waals surface area contributed by atoms with Gasteiger partial charge in [-0.3, -0.25) is 4.68 Å². The molecule has 1 aromatic heterocycles. The van der Waals surface area contributed by atoms with Gasteiger partial charge in [0.15, 0.2) is 0 Å². The molecule has 4 nitrogen and oxygen atoms in total. The van der Waals surface area contributed by atoms with E-state index in [4.69, 9.17) is 0 Å². The first-order chi connectivity index (χ1) is 6.76. The predicted molar refractivity (Wildman–Crippen MR) is 53.6 cm³/mol. The number of nitrogens with zero attached hydrogens (tertiary/aromatic N) is 2. The fourth-order valence-corrected chi connectivity index (χ4v) is 1.05. The number of esters is 1. The summed E-state index contributed by atoms with van der Waals surface area (Å²) in [7, 11) is 1.35. The van der Waals surface area contributed by atoms with Crippen molar-refractivity contribution in [2.24, 2.45) is 0 Å². The van der Waals surface area contributed by atoms with Crippen LogP contribution in [0.3, 0.4) is 0 Å². The zero-order valence-corrected chi connectivity index (χ0v) is 8.43. The maximum absolute atomic E-state index is 10.8. The van der Waals surface area contributed by atoms with Crippen LogP contribution in [-0.2, 0) is 16.1 Å². The zero-order valence-electron chi connectivity index (χ0n) is 8.43. The summed E-state index contributed by atoms with van der Waals surface area (Å²) in [5.74, 6) is -0.353. The quantitative estimate of drug-likeness (QED) is 0.538. The molecule has 0 aliphatic rings. The van der Waals surface area contributed by atoms with Crippen molar-refractivity contribution >= 4 is 12.0 Å². The van der Waals surface area contributed by atoms with Crippen LogP contribution in [0.4, 0.5) is 0 Å². The normalized spacial score (nSPS) is 10.7.